The van der Waals surface area contributed by atoms with Gasteiger partial charge in [-0.2, -0.15) is 0 Å². The fraction of sp³-hybridized carbons (Fsp3) is 0.176. The molecule has 6 heteroatoms. The van der Waals surface area contributed by atoms with E-state index in [2.05, 4.69) is 20.9 Å². The molecule has 0 aliphatic carbocycles. The molecular weight excluding hydrogens is 362 g/mol. The van der Waals surface area contributed by atoms with Crippen molar-refractivity contribution in [3.05, 3.63) is 52.0 Å². The number of carboxylic acid groups (broad SMARTS) is 1. The van der Waals surface area contributed by atoms with Gasteiger partial charge >= 0.3 is 5.97 Å². The molecule has 0 bridgehead atoms. The molecule has 0 radical (unpaired) electrons. The number of methoxy groups -OCH3 is 1. The molecule has 0 saturated carbocycles. The van der Waals surface area contributed by atoms with Crippen LogP contribution in [0.25, 0.3) is 0 Å². The number of ether oxygens (including phenoxy) is 2. The third-order valence-electron chi connectivity index (χ3n) is 2.99. The Morgan fingerprint density at radius 1 is 1.30 bits per heavy atom. The standard InChI is InChI=1S/C17H16BrNO4/c1-11-3-5-13(6-4-11)19-9-12-7-14(18)17(15(8-12)22-2)23-10-16(20)21/h3-9H,10H2,1-2H3,(H,20,21). The number of halogens is 1. The van der Waals surface area contributed by atoms with Gasteiger partial charge in [0.25, 0.3) is 0 Å². The van der Waals surface area contributed by atoms with E-state index < -0.39 is 12.6 Å². The second kappa shape index (κ2) is 7.78. The van der Waals surface area contributed by atoms with Gasteiger partial charge in [-0.3, -0.25) is 4.99 Å². The third kappa shape index (κ3) is 4.82. The lowest BCUT2D eigenvalue weighted by atomic mass is 10.2. The topological polar surface area (TPSA) is 68.1 Å². The van der Waals surface area contributed by atoms with Gasteiger partial charge in [0.05, 0.1) is 17.3 Å². The fourth-order valence-electron chi connectivity index (χ4n) is 1.87. The SMILES string of the molecule is COc1cc(C=Nc2ccc(C)cc2)cc(Br)c1OCC(=O)O. The molecule has 5 nitrogen and oxygen atoms in total. The van der Waals surface area contributed by atoms with Crippen LogP contribution in [0.3, 0.4) is 0 Å². The summed E-state index contributed by atoms with van der Waals surface area (Å²) >= 11 is 3.37. The Morgan fingerprint density at radius 3 is 2.61 bits per heavy atom. The predicted molar refractivity (Wildman–Crippen MR) is 92.3 cm³/mol. The summed E-state index contributed by atoms with van der Waals surface area (Å²) in [5.74, 6) is -0.266. The molecule has 2 aromatic rings. The van der Waals surface area contributed by atoms with E-state index in [1.165, 1.54) is 12.7 Å². The largest absolute Gasteiger partial charge is 0.493 e. The van der Waals surface area contributed by atoms with E-state index in [1.54, 1.807) is 18.3 Å². The zero-order valence-electron chi connectivity index (χ0n) is 12.7. The minimum Gasteiger partial charge on any atom is -0.493 e. The number of aliphatic imine (C=N–C) groups is 1. The maximum absolute atomic E-state index is 10.6. The van der Waals surface area contributed by atoms with Gasteiger partial charge in [-0.15, -0.1) is 0 Å². The van der Waals surface area contributed by atoms with Gasteiger partial charge in [0.1, 0.15) is 0 Å². The monoisotopic (exact) mass is 377 g/mol. The van der Waals surface area contributed by atoms with Crippen LogP contribution >= 0.6 is 15.9 Å². The number of carbonyl (C=O) groups is 1. The molecule has 0 aromatic heterocycles. The van der Waals surface area contributed by atoms with Crippen LogP contribution in [-0.2, 0) is 4.79 Å². The Bertz CT molecular complexity index is 726. The first-order valence-electron chi connectivity index (χ1n) is 6.82. The minimum absolute atomic E-state index is 0.349. The summed E-state index contributed by atoms with van der Waals surface area (Å²) in [6.07, 6.45) is 1.71. The smallest absolute Gasteiger partial charge is 0.341 e. The van der Waals surface area contributed by atoms with Crippen LogP contribution in [0.1, 0.15) is 11.1 Å². The van der Waals surface area contributed by atoms with Crippen molar-refractivity contribution in [2.45, 2.75) is 6.92 Å². The molecular formula is C17H16BrNO4. The van der Waals surface area contributed by atoms with Gasteiger partial charge in [-0.05, 0) is 52.7 Å². The summed E-state index contributed by atoms with van der Waals surface area (Å²) in [6, 6.07) is 11.4. The molecule has 0 spiro atoms. The molecule has 0 saturated heterocycles. The number of hydrogen-bond donors (Lipinski definition) is 1. The van der Waals surface area contributed by atoms with Crippen LogP contribution in [0.4, 0.5) is 5.69 Å². The first-order chi connectivity index (χ1) is 11.0. The second-order valence-electron chi connectivity index (χ2n) is 4.81. The highest BCUT2D eigenvalue weighted by Crippen LogP contribution is 2.36. The number of benzene rings is 2. The highest BCUT2D eigenvalue weighted by molar-refractivity contribution is 9.10. The quantitative estimate of drug-likeness (QED) is 0.773. The van der Waals surface area contributed by atoms with Gasteiger partial charge in [0.2, 0.25) is 0 Å². The van der Waals surface area contributed by atoms with E-state index in [1.807, 2.05) is 31.2 Å². The summed E-state index contributed by atoms with van der Waals surface area (Å²) in [5.41, 5.74) is 2.82. The molecule has 2 rings (SSSR count). The summed E-state index contributed by atoms with van der Waals surface area (Å²) in [4.78, 5) is 15.0. The van der Waals surface area contributed by atoms with Gasteiger partial charge < -0.3 is 14.6 Å². The summed E-state index contributed by atoms with van der Waals surface area (Å²) in [5, 5.41) is 8.71. The van der Waals surface area contributed by atoms with Gasteiger partial charge in [-0.25, -0.2) is 4.79 Å². The zero-order valence-corrected chi connectivity index (χ0v) is 14.3. The molecule has 0 aliphatic rings. The summed E-state index contributed by atoms with van der Waals surface area (Å²) in [7, 11) is 1.50. The van der Waals surface area contributed by atoms with E-state index in [9.17, 15) is 4.79 Å². The van der Waals surface area contributed by atoms with Crippen molar-refractivity contribution < 1.29 is 19.4 Å². The molecule has 0 unspecified atom stereocenters. The summed E-state index contributed by atoms with van der Waals surface area (Å²) < 4.78 is 11.1. The van der Waals surface area contributed by atoms with Crippen molar-refractivity contribution in [1.29, 1.82) is 0 Å². The summed E-state index contributed by atoms with van der Waals surface area (Å²) in [6.45, 7) is 1.58. The fourth-order valence-corrected chi connectivity index (χ4v) is 2.44. The Kier molecular flexibility index (Phi) is 5.76. The molecule has 0 atom stereocenters. The van der Waals surface area contributed by atoms with E-state index in [0.29, 0.717) is 16.0 Å². The molecule has 0 fully saturated rings. The second-order valence-corrected chi connectivity index (χ2v) is 5.66. The molecule has 0 amide bonds. The van der Waals surface area contributed by atoms with Crippen molar-refractivity contribution in [1.82, 2.24) is 0 Å². The number of nitrogens with zero attached hydrogens (tertiary/aromatic N) is 1. The van der Waals surface area contributed by atoms with Crippen LogP contribution in [0.5, 0.6) is 11.5 Å². The van der Waals surface area contributed by atoms with E-state index >= 15 is 0 Å². The molecule has 23 heavy (non-hydrogen) atoms. The van der Waals surface area contributed by atoms with Crippen molar-refractivity contribution in [2.24, 2.45) is 4.99 Å². The number of rotatable bonds is 6. The van der Waals surface area contributed by atoms with Crippen molar-refractivity contribution in [3.63, 3.8) is 0 Å². The lowest BCUT2D eigenvalue weighted by Crippen LogP contribution is -2.10. The Balaban J connectivity index is 2.24. The van der Waals surface area contributed by atoms with E-state index in [4.69, 9.17) is 14.6 Å². The molecule has 1 N–H and O–H groups in total. The molecule has 120 valence electrons. The number of aryl methyl sites for hydroxylation is 1. The van der Waals surface area contributed by atoms with Gasteiger partial charge in [-0.1, -0.05) is 17.7 Å². The maximum Gasteiger partial charge on any atom is 0.341 e. The Labute approximate surface area is 142 Å². The lowest BCUT2D eigenvalue weighted by Gasteiger charge is -2.12. The van der Waals surface area contributed by atoms with Gasteiger partial charge in [0, 0.05) is 6.21 Å². The van der Waals surface area contributed by atoms with Crippen LogP contribution in [0.15, 0.2) is 45.9 Å². The van der Waals surface area contributed by atoms with Gasteiger partial charge in [0.15, 0.2) is 18.1 Å². The number of hydrogen-bond acceptors (Lipinski definition) is 4. The first-order valence-corrected chi connectivity index (χ1v) is 7.61. The average Bonchev–Trinajstić information content (AvgIpc) is 2.52. The van der Waals surface area contributed by atoms with E-state index in [-0.39, 0.29) is 0 Å². The van der Waals surface area contributed by atoms with E-state index in [0.717, 1.165) is 11.3 Å². The maximum atomic E-state index is 10.6. The highest BCUT2D eigenvalue weighted by atomic mass is 79.9. The number of carboxylic acids is 1. The first kappa shape index (κ1) is 17.0. The van der Waals surface area contributed by atoms with Crippen LogP contribution in [0.2, 0.25) is 0 Å². The zero-order chi connectivity index (χ0) is 16.8. The Hall–Kier alpha value is -2.34. The average molecular weight is 378 g/mol. The van der Waals surface area contributed by atoms with Crippen LogP contribution in [0, 0.1) is 6.92 Å². The Morgan fingerprint density at radius 2 is 2.00 bits per heavy atom. The number of aliphatic carboxylic acids is 1. The predicted octanol–water partition coefficient (Wildman–Crippen LogP) is 3.98. The normalized spacial score (nSPS) is 10.7. The van der Waals surface area contributed by atoms with Crippen molar-refractivity contribution in [2.75, 3.05) is 13.7 Å². The van der Waals surface area contributed by atoms with Crippen molar-refractivity contribution >= 4 is 33.8 Å². The van der Waals surface area contributed by atoms with Crippen LogP contribution < -0.4 is 9.47 Å². The third-order valence-corrected chi connectivity index (χ3v) is 3.58. The lowest BCUT2D eigenvalue weighted by molar-refractivity contribution is -0.139. The molecule has 0 heterocycles. The van der Waals surface area contributed by atoms with Crippen molar-refractivity contribution in [3.8, 4) is 11.5 Å². The molecule has 2 aromatic carbocycles. The minimum atomic E-state index is -1.05. The highest BCUT2D eigenvalue weighted by Gasteiger charge is 2.12. The molecule has 0 aliphatic heterocycles. The van der Waals surface area contributed by atoms with Crippen LogP contribution in [-0.4, -0.2) is 31.0 Å².